The molecule has 1 saturated heterocycles. The zero-order valence-corrected chi connectivity index (χ0v) is 12.4. The van der Waals surface area contributed by atoms with E-state index in [0.717, 1.165) is 29.9 Å². The first kappa shape index (κ1) is 12.9. The van der Waals surface area contributed by atoms with Gasteiger partial charge in [0.1, 0.15) is 5.75 Å². The Bertz CT molecular complexity index is 624. The van der Waals surface area contributed by atoms with Gasteiger partial charge >= 0.3 is 0 Å². The van der Waals surface area contributed by atoms with Crippen LogP contribution in [0.5, 0.6) is 5.75 Å². The second kappa shape index (κ2) is 5.19. The van der Waals surface area contributed by atoms with Crippen LogP contribution in [-0.2, 0) is 6.42 Å². The van der Waals surface area contributed by atoms with E-state index in [1.807, 2.05) is 12.1 Å². The number of hydrogen-bond donors (Lipinski definition) is 1. The molecule has 2 fully saturated rings. The molecule has 21 heavy (non-hydrogen) atoms. The van der Waals surface area contributed by atoms with Crippen LogP contribution in [0.15, 0.2) is 48.5 Å². The molecule has 0 radical (unpaired) electrons. The first-order valence-electron chi connectivity index (χ1n) is 7.77. The normalized spacial score (nSPS) is 26.4. The molecule has 2 aromatic rings. The van der Waals surface area contributed by atoms with E-state index in [2.05, 4.69) is 41.7 Å². The molecule has 1 N–H and O–H groups in total. The van der Waals surface area contributed by atoms with Crippen molar-refractivity contribution in [3.8, 4) is 5.75 Å². The Morgan fingerprint density at radius 1 is 1.00 bits per heavy atom. The molecule has 0 amide bonds. The Morgan fingerprint density at radius 2 is 1.76 bits per heavy atom. The summed E-state index contributed by atoms with van der Waals surface area (Å²) in [5, 5.41) is 3.47. The van der Waals surface area contributed by atoms with Crippen LogP contribution in [0.3, 0.4) is 0 Å². The van der Waals surface area contributed by atoms with Crippen LogP contribution < -0.4 is 10.1 Å². The number of ether oxygens (including phenoxy) is 1. The van der Waals surface area contributed by atoms with Gasteiger partial charge in [0.05, 0.1) is 7.11 Å². The fourth-order valence-corrected chi connectivity index (χ4v) is 3.80. The molecule has 2 heteroatoms. The predicted molar refractivity (Wildman–Crippen MR) is 84.8 cm³/mol. The third-order valence-corrected chi connectivity index (χ3v) is 4.99. The summed E-state index contributed by atoms with van der Waals surface area (Å²) in [5.41, 5.74) is 4.29. The van der Waals surface area contributed by atoms with Crippen molar-refractivity contribution >= 4 is 0 Å². The van der Waals surface area contributed by atoms with Gasteiger partial charge in [0.15, 0.2) is 0 Å². The van der Waals surface area contributed by atoms with Gasteiger partial charge in [0.25, 0.3) is 0 Å². The lowest BCUT2D eigenvalue weighted by molar-refractivity contribution is 0.414. The zero-order chi connectivity index (χ0) is 14.2. The van der Waals surface area contributed by atoms with Crippen LogP contribution in [0.2, 0.25) is 0 Å². The van der Waals surface area contributed by atoms with Crippen molar-refractivity contribution in [3.63, 3.8) is 0 Å². The van der Waals surface area contributed by atoms with E-state index in [4.69, 9.17) is 4.74 Å². The molecular weight excluding hydrogens is 258 g/mol. The minimum atomic E-state index is 0.807. The topological polar surface area (TPSA) is 21.3 Å². The Kier molecular flexibility index (Phi) is 3.19. The number of benzene rings is 2. The Hall–Kier alpha value is -1.80. The van der Waals surface area contributed by atoms with Gasteiger partial charge in [-0.25, -0.2) is 0 Å². The lowest BCUT2D eigenvalue weighted by Gasteiger charge is -2.08. The lowest BCUT2D eigenvalue weighted by Crippen LogP contribution is -2.14. The van der Waals surface area contributed by atoms with Crippen LogP contribution in [0.4, 0.5) is 0 Å². The van der Waals surface area contributed by atoms with Crippen LogP contribution in [-0.4, -0.2) is 20.2 Å². The lowest BCUT2D eigenvalue weighted by atomic mass is 9.99. The Morgan fingerprint density at radius 3 is 2.48 bits per heavy atom. The summed E-state index contributed by atoms with van der Waals surface area (Å²) in [7, 11) is 1.71. The fraction of sp³-hybridized carbons (Fsp3) is 0.368. The summed E-state index contributed by atoms with van der Waals surface area (Å²) in [6.07, 6.45) is 0.998. The quantitative estimate of drug-likeness (QED) is 0.928. The molecule has 108 valence electrons. The van der Waals surface area contributed by atoms with Gasteiger partial charge in [-0.1, -0.05) is 36.4 Å². The summed E-state index contributed by atoms with van der Waals surface area (Å²) >= 11 is 0. The van der Waals surface area contributed by atoms with Gasteiger partial charge < -0.3 is 10.1 Å². The van der Waals surface area contributed by atoms with E-state index in [0.29, 0.717) is 0 Å². The van der Waals surface area contributed by atoms with Gasteiger partial charge in [-0.2, -0.15) is 0 Å². The highest BCUT2D eigenvalue weighted by atomic mass is 16.5. The molecule has 2 aromatic carbocycles. The van der Waals surface area contributed by atoms with E-state index in [9.17, 15) is 0 Å². The first-order chi connectivity index (χ1) is 10.3. The minimum Gasteiger partial charge on any atom is -0.497 e. The molecule has 1 heterocycles. The van der Waals surface area contributed by atoms with Crippen molar-refractivity contribution < 1.29 is 4.74 Å². The van der Waals surface area contributed by atoms with E-state index in [1.54, 1.807) is 7.11 Å². The third-order valence-electron chi connectivity index (χ3n) is 4.99. The third kappa shape index (κ3) is 2.44. The number of rotatable bonds is 4. The molecule has 1 aliphatic carbocycles. The average Bonchev–Trinajstić information content (AvgIpc) is 3.01. The molecule has 0 bridgehead atoms. The second-order valence-corrected chi connectivity index (χ2v) is 6.28. The highest BCUT2D eigenvalue weighted by Crippen LogP contribution is 2.55. The number of piperidine rings is 1. The van der Waals surface area contributed by atoms with Crippen molar-refractivity contribution in [1.82, 2.24) is 5.32 Å². The van der Waals surface area contributed by atoms with Crippen molar-refractivity contribution in [1.29, 1.82) is 0 Å². The summed E-state index contributed by atoms with van der Waals surface area (Å²) in [6.45, 7) is 2.41. The van der Waals surface area contributed by atoms with E-state index < -0.39 is 0 Å². The number of hydrogen-bond acceptors (Lipinski definition) is 2. The van der Waals surface area contributed by atoms with Gasteiger partial charge in [-0.15, -0.1) is 0 Å². The summed E-state index contributed by atoms with van der Waals surface area (Å²) in [4.78, 5) is 0. The van der Waals surface area contributed by atoms with Crippen molar-refractivity contribution in [2.75, 3.05) is 20.2 Å². The standard InChI is InChI=1S/C19H21NO/c1-21-16-7-5-13(6-8-16)9-14-3-2-4-15(10-14)19-17-11-20-12-18(17)19/h2-8,10,17-20H,9,11-12H2,1H3. The molecule has 4 rings (SSSR count). The van der Waals surface area contributed by atoms with Gasteiger partial charge in [-0.05, 0) is 66.1 Å². The average molecular weight is 279 g/mol. The minimum absolute atomic E-state index is 0.807. The molecular formula is C19H21NO. The zero-order valence-electron chi connectivity index (χ0n) is 12.4. The molecule has 2 unspecified atom stereocenters. The van der Waals surface area contributed by atoms with Crippen LogP contribution in [0.1, 0.15) is 22.6 Å². The van der Waals surface area contributed by atoms with Crippen LogP contribution in [0, 0.1) is 11.8 Å². The van der Waals surface area contributed by atoms with Gasteiger partial charge in [0.2, 0.25) is 0 Å². The molecule has 0 spiro atoms. The van der Waals surface area contributed by atoms with Gasteiger partial charge in [-0.3, -0.25) is 0 Å². The summed E-state index contributed by atoms with van der Waals surface area (Å²) in [5.74, 6) is 3.51. The molecule has 1 saturated carbocycles. The molecule has 1 aliphatic heterocycles. The van der Waals surface area contributed by atoms with E-state index in [1.165, 1.54) is 29.8 Å². The number of fused-ring (bicyclic) bond motifs is 1. The maximum Gasteiger partial charge on any atom is 0.118 e. The monoisotopic (exact) mass is 279 g/mol. The Labute approximate surface area is 126 Å². The largest absolute Gasteiger partial charge is 0.497 e. The van der Waals surface area contributed by atoms with Gasteiger partial charge in [0, 0.05) is 0 Å². The highest BCUT2D eigenvalue weighted by molar-refractivity contribution is 5.37. The SMILES string of the molecule is COc1ccc(Cc2cccc(C3C4CNCC43)c2)cc1. The molecule has 2 nitrogen and oxygen atoms in total. The van der Waals surface area contributed by atoms with Crippen LogP contribution >= 0.6 is 0 Å². The van der Waals surface area contributed by atoms with E-state index >= 15 is 0 Å². The Balaban J connectivity index is 1.50. The van der Waals surface area contributed by atoms with E-state index in [-0.39, 0.29) is 0 Å². The number of methoxy groups -OCH3 is 1. The maximum absolute atomic E-state index is 5.21. The maximum atomic E-state index is 5.21. The summed E-state index contributed by atoms with van der Waals surface area (Å²) < 4.78 is 5.21. The molecule has 2 aliphatic rings. The number of nitrogens with one attached hydrogen (secondary N) is 1. The smallest absolute Gasteiger partial charge is 0.118 e. The molecule has 2 atom stereocenters. The fourth-order valence-electron chi connectivity index (χ4n) is 3.80. The first-order valence-corrected chi connectivity index (χ1v) is 7.77. The van der Waals surface area contributed by atoms with Crippen molar-refractivity contribution in [2.45, 2.75) is 12.3 Å². The second-order valence-electron chi connectivity index (χ2n) is 6.28. The van der Waals surface area contributed by atoms with Crippen LogP contribution in [0.25, 0.3) is 0 Å². The molecule has 0 aromatic heterocycles. The predicted octanol–water partition coefficient (Wildman–Crippen LogP) is 3.22. The van der Waals surface area contributed by atoms with Crippen molar-refractivity contribution in [3.05, 3.63) is 65.2 Å². The highest BCUT2D eigenvalue weighted by Gasteiger charge is 2.53. The summed E-state index contributed by atoms with van der Waals surface area (Å²) in [6, 6.07) is 17.6. The van der Waals surface area contributed by atoms with Crippen molar-refractivity contribution in [2.24, 2.45) is 11.8 Å².